The van der Waals surface area contributed by atoms with Crippen LogP contribution in [0.5, 0.6) is 0 Å². The summed E-state index contributed by atoms with van der Waals surface area (Å²) in [6.07, 6.45) is 7.83. The monoisotopic (exact) mass is 272 g/mol. The topological polar surface area (TPSA) is 63.8 Å². The van der Waals surface area contributed by atoms with Crippen LogP contribution in [-0.2, 0) is 6.42 Å². The third-order valence-corrected chi connectivity index (χ3v) is 3.87. The summed E-state index contributed by atoms with van der Waals surface area (Å²) in [4.78, 5) is 8.68. The fourth-order valence-electron chi connectivity index (χ4n) is 2.94. The summed E-state index contributed by atoms with van der Waals surface area (Å²) in [7, 11) is 0. The molecule has 5 heteroatoms. The van der Waals surface area contributed by atoms with Crippen LogP contribution in [0.25, 0.3) is 0 Å². The highest BCUT2D eigenvalue weighted by atomic mass is 16.5. The zero-order valence-corrected chi connectivity index (χ0v) is 11.7. The van der Waals surface area contributed by atoms with Crippen LogP contribution in [0.3, 0.4) is 0 Å². The van der Waals surface area contributed by atoms with Gasteiger partial charge in [0.2, 0.25) is 5.89 Å². The van der Waals surface area contributed by atoms with E-state index in [0.717, 1.165) is 30.2 Å². The van der Waals surface area contributed by atoms with Gasteiger partial charge in [0, 0.05) is 24.9 Å². The van der Waals surface area contributed by atoms with Gasteiger partial charge < -0.3 is 9.84 Å². The van der Waals surface area contributed by atoms with Crippen molar-refractivity contribution in [3.8, 4) is 0 Å². The first-order chi connectivity index (χ1) is 9.86. The van der Waals surface area contributed by atoms with Gasteiger partial charge in [-0.15, -0.1) is 0 Å². The molecule has 0 aliphatic heterocycles. The van der Waals surface area contributed by atoms with E-state index in [2.05, 4.69) is 27.4 Å². The first kappa shape index (κ1) is 13.2. The molecule has 0 aromatic carbocycles. The third-order valence-electron chi connectivity index (χ3n) is 3.87. The minimum absolute atomic E-state index is 0.366. The molecule has 106 valence electrons. The fourth-order valence-corrected chi connectivity index (χ4v) is 2.94. The highest BCUT2D eigenvalue weighted by Gasteiger charge is 2.32. The molecule has 2 aromatic rings. The minimum atomic E-state index is 0.366. The van der Waals surface area contributed by atoms with Gasteiger partial charge in [0.1, 0.15) is 0 Å². The Labute approximate surface area is 118 Å². The number of likely N-dealkylation sites (N-methyl/N-ethyl adjacent to an activating group) is 1. The normalized spacial score (nSPS) is 22.2. The van der Waals surface area contributed by atoms with Gasteiger partial charge in [0.25, 0.3) is 0 Å². The van der Waals surface area contributed by atoms with E-state index in [0.29, 0.717) is 18.4 Å². The molecule has 3 rings (SSSR count). The van der Waals surface area contributed by atoms with E-state index in [9.17, 15) is 0 Å². The van der Waals surface area contributed by atoms with E-state index < -0.39 is 0 Å². The predicted octanol–water partition coefficient (Wildman–Crippen LogP) is 2.30. The number of nitrogens with zero attached hydrogens (tertiary/aromatic N) is 3. The molecule has 2 unspecified atom stereocenters. The number of aromatic nitrogens is 3. The van der Waals surface area contributed by atoms with Gasteiger partial charge >= 0.3 is 0 Å². The molecule has 1 saturated carbocycles. The van der Waals surface area contributed by atoms with E-state index in [1.54, 1.807) is 6.20 Å². The second-order valence-electron chi connectivity index (χ2n) is 5.29. The lowest BCUT2D eigenvalue weighted by Gasteiger charge is -2.16. The first-order valence-corrected chi connectivity index (χ1v) is 7.31. The third kappa shape index (κ3) is 2.88. The van der Waals surface area contributed by atoms with Gasteiger partial charge in [-0.25, -0.2) is 0 Å². The molecular weight excluding hydrogens is 252 g/mol. The second-order valence-corrected chi connectivity index (χ2v) is 5.29. The van der Waals surface area contributed by atoms with Crippen LogP contribution >= 0.6 is 0 Å². The van der Waals surface area contributed by atoms with Crippen molar-refractivity contribution in [2.75, 3.05) is 6.54 Å². The van der Waals surface area contributed by atoms with Gasteiger partial charge in [0.15, 0.2) is 5.82 Å². The van der Waals surface area contributed by atoms with E-state index in [4.69, 9.17) is 4.52 Å². The molecule has 0 amide bonds. The Morgan fingerprint density at radius 2 is 2.35 bits per heavy atom. The van der Waals surface area contributed by atoms with Crippen molar-refractivity contribution >= 4 is 0 Å². The van der Waals surface area contributed by atoms with Crippen LogP contribution < -0.4 is 5.32 Å². The van der Waals surface area contributed by atoms with Crippen molar-refractivity contribution in [3.05, 3.63) is 41.8 Å². The molecule has 0 bridgehead atoms. The molecule has 1 N–H and O–H groups in total. The molecular formula is C15H20N4O. The molecule has 1 aliphatic carbocycles. The van der Waals surface area contributed by atoms with E-state index in [1.165, 1.54) is 12.8 Å². The van der Waals surface area contributed by atoms with Crippen molar-refractivity contribution in [1.82, 2.24) is 20.4 Å². The zero-order valence-electron chi connectivity index (χ0n) is 11.7. The molecule has 0 radical (unpaired) electrons. The molecule has 2 atom stereocenters. The Kier molecular flexibility index (Phi) is 4.06. The lowest BCUT2D eigenvalue weighted by molar-refractivity contribution is 0.329. The zero-order chi connectivity index (χ0) is 13.8. The van der Waals surface area contributed by atoms with Crippen molar-refractivity contribution in [2.45, 2.75) is 44.6 Å². The second kappa shape index (κ2) is 6.13. The first-order valence-electron chi connectivity index (χ1n) is 7.31. The fraction of sp³-hybridized carbons (Fsp3) is 0.533. The summed E-state index contributed by atoms with van der Waals surface area (Å²) >= 11 is 0. The number of nitrogens with one attached hydrogen (secondary N) is 1. The molecule has 0 spiro atoms. The number of pyridine rings is 1. The highest BCUT2D eigenvalue weighted by Crippen LogP contribution is 2.33. The van der Waals surface area contributed by atoms with Crippen LogP contribution in [0.15, 0.2) is 29.0 Å². The molecule has 1 fully saturated rings. The lowest BCUT2D eigenvalue weighted by atomic mass is 10.0. The molecule has 5 nitrogen and oxygen atoms in total. The summed E-state index contributed by atoms with van der Waals surface area (Å²) in [6.45, 7) is 3.12. The van der Waals surface area contributed by atoms with Gasteiger partial charge in [-0.2, -0.15) is 4.98 Å². The Morgan fingerprint density at radius 3 is 3.15 bits per heavy atom. The van der Waals surface area contributed by atoms with E-state index in [-0.39, 0.29) is 0 Å². The van der Waals surface area contributed by atoms with Crippen LogP contribution in [0.1, 0.15) is 49.4 Å². The average Bonchev–Trinajstić information content (AvgIpc) is 3.09. The summed E-state index contributed by atoms with van der Waals surface area (Å²) in [5.41, 5.74) is 1.11. The lowest BCUT2D eigenvalue weighted by Crippen LogP contribution is -2.31. The maximum atomic E-state index is 5.48. The minimum Gasteiger partial charge on any atom is -0.339 e. The predicted molar refractivity (Wildman–Crippen MR) is 75.4 cm³/mol. The summed E-state index contributed by atoms with van der Waals surface area (Å²) < 4.78 is 5.48. The summed E-state index contributed by atoms with van der Waals surface area (Å²) in [5, 5.41) is 7.62. The Balaban J connectivity index is 1.70. The summed E-state index contributed by atoms with van der Waals surface area (Å²) in [6, 6.07) is 4.43. The van der Waals surface area contributed by atoms with Gasteiger partial charge in [0.05, 0.1) is 5.92 Å². The Hall–Kier alpha value is -1.75. The van der Waals surface area contributed by atoms with Crippen molar-refractivity contribution < 1.29 is 4.52 Å². The smallest absolute Gasteiger partial charge is 0.231 e. The van der Waals surface area contributed by atoms with Gasteiger partial charge in [-0.1, -0.05) is 24.6 Å². The van der Waals surface area contributed by atoms with Crippen LogP contribution in [0.4, 0.5) is 0 Å². The Bertz CT molecular complexity index is 540. The van der Waals surface area contributed by atoms with Crippen LogP contribution in [0, 0.1) is 0 Å². The quantitative estimate of drug-likeness (QED) is 0.904. The standard InChI is InChI=1S/C15H20N4O/c1-2-17-13-7-3-6-12(13)15-18-14(19-20-15)9-11-5-4-8-16-10-11/h4-5,8,10,12-13,17H,2-3,6-7,9H2,1H3. The van der Waals surface area contributed by atoms with E-state index >= 15 is 0 Å². The van der Waals surface area contributed by atoms with E-state index in [1.807, 2.05) is 18.3 Å². The Morgan fingerprint density at radius 1 is 1.40 bits per heavy atom. The molecule has 1 aliphatic rings. The molecule has 20 heavy (non-hydrogen) atoms. The van der Waals surface area contributed by atoms with Crippen molar-refractivity contribution in [2.24, 2.45) is 0 Å². The average molecular weight is 272 g/mol. The summed E-state index contributed by atoms with van der Waals surface area (Å²) in [5.74, 6) is 1.90. The number of rotatable bonds is 5. The van der Waals surface area contributed by atoms with Crippen molar-refractivity contribution in [3.63, 3.8) is 0 Å². The molecule has 2 heterocycles. The van der Waals surface area contributed by atoms with Gasteiger partial charge in [-0.05, 0) is 31.0 Å². The van der Waals surface area contributed by atoms with Crippen LogP contribution in [0.2, 0.25) is 0 Å². The van der Waals surface area contributed by atoms with Crippen molar-refractivity contribution in [1.29, 1.82) is 0 Å². The number of hydrogen-bond donors (Lipinski definition) is 1. The SMILES string of the molecule is CCNC1CCCC1c1nc(Cc2cccnc2)no1. The largest absolute Gasteiger partial charge is 0.339 e. The molecule has 2 aromatic heterocycles. The van der Waals surface area contributed by atoms with Gasteiger partial charge in [-0.3, -0.25) is 4.98 Å². The number of hydrogen-bond acceptors (Lipinski definition) is 5. The maximum absolute atomic E-state index is 5.48. The highest BCUT2D eigenvalue weighted by molar-refractivity contribution is 5.14. The van der Waals surface area contributed by atoms with Crippen LogP contribution in [-0.4, -0.2) is 27.7 Å². The maximum Gasteiger partial charge on any atom is 0.231 e. The molecule has 0 saturated heterocycles.